The topological polar surface area (TPSA) is 56.8 Å². The molecule has 24 heavy (non-hydrogen) atoms. The molecule has 0 bridgehead atoms. The van der Waals surface area contributed by atoms with E-state index in [0.717, 1.165) is 17.7 Å². The minimum Gasteiger partial charge on any atom is -0.494 e. The van der Waals surface area contributed by atoms with Crippen LogP contribution in [0.1, 0.15) is 12.0 Å². The van der Waals surface area contributed by atoms with E-state index in [1.807, 2.05) is 42.5 Å². The molecule has 1 N–H and O–H groups in total. The van der Waals surface area contributed by atoms with Crippen LogP contribution in [0.25, 0.3) is 0 Å². The zero-order valence-electron chi connectivity index (χ0n) is 14.1. The molecule has 0 unspecified atom stereocenters. The summed E-state index contributed by atoms with van der Waals surface area (Å²) in [6.07, 6.45) is 1.06. The summed E-state index contributed by atoms with van der Waals surface area (Å²) in [6, 6.07) is 15.1. The van der Waals surface area contributed by atoms with E-state index in [-0.39, 0.29) is 5.91 Å². The van der Waals surface area contributed by atoms with Gasteiger partial charge in [0, 0.05) is 6.54 Å². The molecule has 2 aromatic carbocycles. The molecule has 2 rings (SSSR count). The van der Waals surface area contributed by atoms with Crippen molar-refractivity contribution in [1.82, 2.24) is 5.32 Å². The van der Waals surface area contributed by atoms with Gasteiger partial charge in [0.25, 0.3) is 0 Å². The molecule has 128 valence electrons. The zero-order valence-corrected chi connectivity index (χ0v) is 14.1. The second-order valence-corrected chi connectivity index (χ2v) is 5.23. The molecule has 0 aliphatic heterocycles. The van der Waals surface area contributed by atoms with E-state index in [1.54, 1.807) is 20.3 Å². The molecular formula is C19H23NO4. The van der Waals surface area contributed by atoms with E-state index in [9.17, 15) is 4.79 Å². The predicted molar refractivity (Wildman–Crippen MR) is 92.8 cm³/mol. The molecule has 0 atom stereocenters. The minimum atomic E-state index is -0.0260. The summed E-state index contributed by atoms with van der Waals surface area (Å²) < 4.78 is 16.0. The Morgan fingerprint density at radius 3 is 2.46 bits per heavy atom. The van der Waals surface area contributed by atoms with Gasteiger partial charge in [0.2, 0.25) is 5.91 Å². The third-order valence-corrected chi connectivity index (χ3v) is 3.47. The Balaban J connectivity index is 1.69. The Hall–Kier alpha value is -2.69. The average Bonchev–Trinajstić information content (AvgIpc) is 2.62. The van der Waals surface area contributed by atoms with Crippen LogP contribution in [-0.4, -0.2) is 33.3 Å². The highest BCUT2D eigenvalue weighted by molar-refractivity contribution is 5.78. The molecule has 1 amide bonds. The van der Waals surface area contributed by atoms with Crippen LogP contribution in [0, 0.1) is 0 Å². The lowest BCUT2D eigenvalue weighted by molar-refractivity contribution is -0.120. The maximum absolute atomic E-state index is 12.0. The van der Waals surface area contributed by atoms with Crippen LogP contribution in [0.2, 0.25) is 0 Å². The fourth-order valence-electron chi connectivity index (χ4n) is 2.25. The maximum atomic E-state index is 12.0. The summed E-state index contributed by atoms with van der Waals surface area (Å²) in [5.74, 6) is 2.09. The summed E-state index contributed by atoms with van der Waals surface area (Å²) in [4.78, 5) is 12.0. The molecule has 0 heterocycles. The summed E-state index contributed by atoms with van der Waals surface area (Å²) >= 11 is 0. The molecular weight excluding hydrogens is 306 g/mol. The molecule has 0 fully saturated rings. The summed E-state index contributed by atoms with van der Waals surface area (Å²) in [7, 11) is 3.16. The first-order chi connectivity index (χ1) is 11.7. The number of benzene rings is 2. The number of para-hydroxylation sites is 1. The number of ether oxygens (including phenoxy) is 3. The van der Waals surface area contributed by atoms with E-state index < -0.39 is 0 Å². The summed E-state index contributed by atoms with van der Waals surface area (Å²) in [5.41, 5.74) is 0.880. The second kappa shape index (κ2) is 9.45. The molecule has 0 aromatic heterocycles. The van der Waals surface area contributed by atoms with Gasteiger partial charge >= 0.3 is 0 Å². The van der Waals surface area contributed by atoms with Crippen LogP contribution in [0.15, 0.2) is 48.5 Å². The quantitative estimate of drug-likeness (QED) is 0.719. The number of carbonyl (C=O) groups is 1. The summed E-state index contributed by atoms with van der Waals surface area (Å²) in [6.45, 7) is 1.15. The van der Waals surface area contributed by atoms with Crippen LogP contribution in [-0.2, 0) is 11.2 Å². The Morgan fingerprint density at radius 1 is 1.00 bits per heavy atom. The lowest BCUT2D eigenvalue weighted by Crippen LogP contribution is -2.27. The van der Waals surface area contributed by atoms with Crippen LogP contribution < -0.4 is 19.5 Å². The lowest BCUT2D eigenvalue weighted by Gasteiger charge is -2.10. The van der Waals surface area contributed by atoms with Crippen molar-refractivity contribution in [3.8, 4) is 17.2 Å². The summed E-state index contributed by atoms with van der Waals surface area (Å²) in [5, 5.41) is 2.89. The third-order valence-electron chi connectivity index (χ3n) is 3.47. The van der Waals surface area contributed by atoms with Gasteiger partial charge in [-0.25, -0.2) is 0 Å². The first-order valence-electron chi connectivity index (χ1n) is 7.88. The fraction of sp³-hybridized carbons (Fsp3) is 0.316. The minimum absolute atomic E-state index is 0.0260. The van der Waals surface area contributed by atoms with Crippen LogP contribution in [0.5, 0.6) is 17.2 Å². The van der Waals surface area contributed by atoms with Crippen molar-refractivity contribution in [1.29, 1.82) is 0 Å². The van der Waals surface area contributed by atoms with Gasteiger partial charge in [-0.15, -0.1) is 0 Å². The molecule has 0 radical (unpaired) electrons. The molecule has 0 aliphatic rings. The number of carbonyl (C=O) groups excluding carboxylic acids is 1. The van der Waals surface area contributed by atoms with Gasteiger partial charge in [-0.2, -0.15) is 0 Å². The number of hydrogen-bond acceptors (Lipinski definition) is 4. The number of rotatable bonds is 9. The first-order valence-corrected chi connectivity index (χ1v) is 7.88. The zero-order chi connectivity index (χ0) is 17.2. The third kappa shape index (κ3) is 5.50. The van der Waals surface area contributed by atoms with Gasteiger partial charge in [-0.05, 0) is 36.2 Å². The molecule has 5 nitrogen and oxygen atoms in total. The Kier molecular flexibility index (Phi) is 6.95. The van der Waals surface area contributed by atoms with Crippen LogP contribution in [0.4, 0.5) is 0 Å². The lowest BCUT2D eigenvalue weighted by atomic mass is 10.1. The van der Waals surface area contributed by atoms with Gasteiger partial charge in [0.1, 0.15) is 5.75 Å². The second-order valence-electron chi connectivity index (χ2n) is 5.23. The van der Waals surface area contributed by atoms with Crippen molar-refractivity contribution in [2.24, 2.45) is 0 Å². The smallest absolute Gasteiger partial charge is 0.224 e. The molecule has 0 spiro atoms. The highest BCUT2D eigenvalue weighted by Crippen LogP contribution is 2.27. The SMILES string of the molecule is COc1ccc(CC(=O)NCCCOc2ccccc2)cc1OC. The maximum Gasteiger partial charge on any atom is 0.224 e. The number of nitrogens with one attached hydrogen (secondary N) is 1. The highest BCUT2D eigenvalue weighted by Gasteiger charge is 2.08. The largest absolute Gasteiger partial charge is 0.494 e. The van der Waals surface area contributed by atoms with E-state index in [2.05, 4.69) is 5.32 Å². The van der Waals surface area contributed by atoms with Crippen molar-refractivity contribution in [2.75, 3.05) is 27.4 Å². The first kappa shape index (κ1) is 17.7. The number of methoxy groups -OCH3 is 2. The molecule has 0 saturated heterocycles. The molecule has 2 aromatic rings. The Labute approximate surface area is 142 Å². The molecule has 0 aliphatic carbocycles. The van der Waals surface area contributed by atoms with Crippen LogP contribution in [0.3, 0.4) is 0 Å². The Bertz CT molecular complexity index is 643. The predicted octanol–water partition coefficient (Wildman–Crippen LogP) is 2.83. The van der Waals surface area contributed by atoms with E-state index in [1.165, 1.54) is 0 Å². The normalized spacial score (nSPS) is 10.1. The standard InChI is InChI=1S/C19H23NO4/c1-22-17-10-9-15(13-18(17)23-2)14-19(21)20-11-6-12-24-16-7-4-3-5-8-16/h3-5,7-10,13H,6,11-12,14H2,1-2H3,(H,20,21). The van der Waals surface area contributed by atoms with Crippen molar-refractivity contribution >= 4 is 5.91 Å². The van der Waals surface area contributed by atoms with E-state index in [4.69, 9.17) is 14.2 Å². The molecule has 5 heteroatoms. The fourth-order valence-corrected chi connectivity index (χ4v) is 2.25. The van der Waals surface area contributed by atoms with Crippen molar-refractivity contribution in [3.63, 3.8) is 0 Å². The highest BCUT2D eigenvalue weighted by atomic mass is 16.5. The van der Waals surface area contributed by atoms with Crippen molar-refractivity contribution in [2.45, 2.75) is 12.8 Å². The van der Waals surface area contributed by atoms with Gasteiger partial charge < -0.3 is 19.5 Å². The average molecular weight is 329 g/mol. The van der Waals surface area contributed by atoms with E-state index >= 15 is 0 Å². The van der Waals surface area contributed by atoms with Crippen LogP contribution >= 0.6 is 0 Å². The monoisotopic (exact) mass is 329 g/mol. The number of hydrogen-bond donors (Lipinski definition) is 1. The van der Waals surface area contributed by atoms with Gasteiger partial charge in [0.15, 0.2) is 11.5 Å². The van der Waals surface area contributed by atoms with Crippen molar-refractivity contribution < 1.29 is 19.0 Å². The van der Waals surface area contributed by atoms with Crippen molar-refractivity contribution in [3.05, 3.63) is 54.1 Å². The number of amides is 1. The van der Waals surface area contributed by atoms with Gasteiger partial charge in [-0.1, -0.05) is 24.3 Å². The van der Waals surface area contributed by atoms with E-state index in [0.29, 0.717) is 31.1 Å². The molecule has 0 saturated carbocycles. The van der Waals surface area contributed by atoms with Gasteiger partial charge in [0.05, 0.1) is 27.2 Å². The Morgan fingerprint density at radius 2 is 1.75 bits per heavy atom. The van der Waals surface area contributed by atoms with Gasteiger partial charge in [-0.3, -0.25) is 4.79 Å².